The van der Waals surface area contributed by atoms with Crippen LogP contribution < -0.4 is 9.80 Å². The third kappa shape index (κ3) is 4.39. The number of anilines is 2. The van der Waals surface area contributed by atoms with E-state index in [4.69, 9.17) is 34.8 Å². The molecule has 0 aromatic heterocycles. The van der Waals surface area contributed by atoms with Gasteiger partial charge in [-0.2, -0.15) is 0 Å². The Morgan fingerprint density at radius 2 is 1.50 bits per heavy atom. The van der Waals surface area contributed by atoms with Gasteiger partial charge >= 0.3 is 0 Å². The van der Waals surface area contributed by atoms with Crippen molar-refractivity contribution in [3.63, 3.8) is 0 Å². The molecular weight excluding hydrogens is 487 g/mol. The second-order valence-corrected chi connectivity index (χ2v) is 9.22. The Hall–Kier alpha value is -2.44. The summed E-state index contributed by atoms with van der Waals surface area (Å²) < 4.78 is 0. The predicted molar refractivity (Wildman–Crippen MR) is 133 cm³/mol. The number of benzene rings is 3. The van der Waals surface area contributed by atoms with Crippen LogP contribution in [0, 0.1) is 0 Å². The quantitative estimate of drug-likeness (QED) is 0.338. The Balaban J connectivity index is 1.85. The third-order valence-electron chi connectivity index (χ3n) is 4.85. The zero-order valence-corrected chi connectivity index (χ0v) is 20.0. The lowest BCUT2D eigenvalue weighted by Crippen LogP contribution is -2.35. The summed E-state index contributed by atoms with van der Waals surface area (Å²) in [5.41, 5.74) is 1.35. The fraction of sp³-hybridized carbons (Fsp3) is 0.0833. The van der Waals surface area contributed by atoms with E-state index in [1.54, 1.807) is 24.3 Å². The van der Waals surface area contributed by atoms with E-state index < -0.39 is 11.8 Å². The maximum Gasteiger partial charge on any atom is 0.283 e. The van der Waals surface area contributed by atoms with Crippen LogP contribution in [0.3, 0.4) is 0 Å². The topological polar surface area (TPSA) is 40.6 Å². The van der Waals surface area contributed by atoms with Gasteiger partial charge in [0, 0.05) is 27.2 Å². The Kier molecular flexibility index (Phi) is 6.82. The Labute approximate surface area is 205 Å². The summed E-state index contributed by atoms with van der Waals surface area (Å²) >= 11 is 19.7. The number of amides is 2. The van der Waals surface area contributed by atoms with Gasteiger partial charge in [0.25, 0.3) is 11.8 Å². The Bertz CT molecular complexity index is 1210. The second-order valence-electron chi connectivity index (χ2n) is 6.85. The molecule has 162 valence electrons. The molecule has 0 bridgehead atoms. The van der Waals surface area contributed by atoms with Gasteiger partial charge < -0.3 is 4.90 Å². The van der Waals surface area contributed by atoms with Crippen LogP contribution in [0.1, 0.15) is 6.92 Å². The maximum atomic E-state index is 13.7. The first kappa shape index (κ1) is 22.7. The zero-order chi connectivity index (χ0) is 22.8. The van der Waals surface area contributed by atoms with E-state index in [1.807, 2.05) is 54.3 Å². The van der Waals surface area contributed by atoms with Crippen molar-refractivity contribution in [3.8, 4) is 0 Å². The number of hydrogen-bond acceptors (Lipinski definition) is 4. The smallest absolute Gasteiger partial charge is 0.283 e. The molecule has 1 aliphatic rings. The number of imide groups is 1. The van der Waals surface area contributed by atoms with Crippen molar-refractivity contribution in [2.45, 2.75) is 11.8 Å². The number of thioether (sulfide) groups is 1. The molecule has 3 aromatic carbocycles. The highest BCUT2D eigenvalue weighted by molar-refractivity contribution is 8.04. The standard InChI is InChI=1S/C24H17Cl3N2O2S/c1-2-28(17-6-4-3-5-7-17)21-22(32-18-11-8-15(25)9-12-18)24(31)29(23(21)30)20-14-16(26)10-13-19(20)27/h3-14H,2H2,1H3. The molecule has 0 aliphatic carbocycles. The van der Waals surface area contributed by atoms with Gasteiger partial charge in [-0.25, -0.2) is 4.90 Å². The lowest BCUT2D eigenvalue weighted by Gasteiger charge is -2.25. The van der Waals surface area contributed by atoms with Gasteiger partial charge in [-0.3, -0.25) is 9.59 Å². The number of hydrogen-bond donors (Lipinski definition) is 0. The second kappa shape index (κ2) is 9.59. The molecule has 0 radical (unpaired) electrons. The fourth-order valence-electron chi connectivity index (χ4n) is 3.40. The van der Waals surface area contributed by atoms with Crippen LogP contribution in [0.5, 0.6) is 0 Å². The number of carbonyl (C=O) groups is 2. The van der Waals surface area contributed by atoms with E-state index in [0.717, 1.165) is 15.5 Å². The van der Waals surface area contributed by atoms with Crippen LogP contribution >= 0.6 is 46.6 Å². The highest BCUT2D eigenvalue weighted by Crippen LogP contribution is 2.42. The molecule has 2 amide bonds. The maximum absolute atomic E-state index is 13.7. The van der Waals surface area contributed by atoms with Crippen LogP contribution in [0.15, 0.2) is 88.3 Å². The third-order valence-corrected chi connectivity index (χ3v) is 6.74. The minimum absolute atomic E-state index is 0.252. The van der Waals surface area contributed by atoms with Crippen molar-refractivity contribution in [3.05, 3.63) is 98.5 Å². The molecule has 4 nitrogen and oxygen atoms in total. The molecule has 0 atom stereocenters. The van der Waals surface area contributed by atoms with Gasteiger partial charge in [-0.1, -0.05) is 64.8 Å². The molecule has 4 rings (SSSR count). The number of likely N-dealkylation sites (N-methyl/N-ethyl adjacent to an activating group) is 1. The molecule has 1 aliphatic heterocycles. The predicted octanol–water partition coefficient (Wildman–Crippen LogP) is 7.05. The summed E-state index contributed by atoms with van der Waals surface area (Å²) in [6.07, 6.45) is 0. The van der Waals surface area contributed by atoms with Crippen molar-refractivity contribution >= 4 is 69.8 Å². The van der Waals surface area contributed by atoms with E-state index in [-0.39, 0.29) is 10.7 Å². The molecule has 0 N–H and O–H groups in total. The van der Waals surface area contributed by atoms with E-state index in [0.29, 0.717) is 27.2 Å². The largest absolute Gasteiger partial charge is 0.336 e. The number of halogens is 3. The minimum atomic E-state index is -0.457. The van der Waals surface area contributed by atoms with Crippen LogP contribution in [0.4, 0.5) is 11.4 Å². The number of nitrogens with zero attached hydrogens (tertiary/aromatic N) is 2. The van der Waals surface area contributed by atoms with Gasteiger partial charge in [-0.15, -0.1) is 0 Å². The van der Waals surface area contributed by atoms with Crippen LogP contribution in [0.2, 0.25) is 15.1 Å². The average Bonchev–Trinajstić information content (AvgIpc) is 3.03. The molecule has 32 heavy (non-hydrogen) atoms. The van der Waals surface area contributed by atoms with Gasteiger partial charge in [0.1, 0.15) is 10.6 Å². The number of para-hydroxylation sites is 1. The first-order chi connectivity index (χ1) is 15.4. The summed E-state index contributed by atoms with van der Waals surface area (Å²) in [6.45, 7) is 2.41. The first-order valence-electron chi connectivity index (χ1n) is 9.74. The van der Waals surface area contributed by atoms with Crippen molar-refractivity contribution in [1.29, 1.82) is 0 Å². The van der Waals surface area contributed by atoms with Crippen molar-refractivity contribution in [2.75, 3.05) is 16.3 Å². The van der Waals surface area contributed by atoms with Gasteiger partial charge in [0.05, 0.1) is 10.7 Å². The SMILES string of the molecule is CCN(C1=C(Sc2ccc(Cl)cc2)C(=O)N(c2cc(Cl)ccc2Cl)C1=O)c1ccccc1. The van der Waals surface area contributed by atoms with E-state index in [1.165, 1.54) is 17.8 Å². The van der Waals surface area contributed by atoms with Crippen molar-refractivity contribution in [1.82, 2.24) is 0 Å². The molecular formula is C24H17Cl3N2O2S. The van der Waals surface area contributed by atoms with E-state index in [9.17, 15) is 9.59 Å². The molecule has 8 heteroatoms. The lowest BCUT2D eigenvalue weighted by molar-refractivity contribution is -0.120. The highest BCUT2D eigenvalue weighted by atomic mass is 35.5. The van der Waals surface area contributed by atoms with E-state index >= 15 is 0 Å². The van der Waals surface area contributed by atoms with Gasteiger partial charge in [0.2, 0.25) is 0 Å². The molecule has 0 saturated heterocycles. The molecule has 0 unspecified atom stereocenters. The highest BCUT2D eigenvalue weighted by Gasteiger charge is 2.43. The Morgan fingerprint density at radius 1 is 0.844 bits per heavy atom. The minimum Gasteiger partial charge on any atom is -0.336 e. The first-order valence-corrected chi connectivity index (χ1v) is 11.7. The molecule has 0 spiro atoms. The summed E-state index contributed by atoms with van der Waals surface area (Å²) in [7, 11) is 0. The normalized spacial score (nSPS) is 13.8. The number of rotatable bonds is 6. The van der Waals surface area contributed by atoms with Crippen LogP contribution in [0.25, 0.3) is 0 Å². The van der Waals surface area contributed by atoms with Crippen LogP contribution in [-0.4, -0.2) is 18.4 Å². The Morgan fingerprint density at radius 3 is 2.16 bits per heavy atom. The van der Waals surface area contributed by atoms with E-state index in [2.05, 4.69) is 0 Å². The van der Waals surface area contributed by atoms with Gasteiger partial charge in [0.15, 0.2) is 0 Å². The summed E-state index contributed by atoms with van der Waals surface area (Å²) in [4.78, 5) is 31.3. The summed E-state index contributed by atoms with van der Waals surface area (Å²) in [6, 6.07) is 21.3. The zero-order valence-electron chi connectivity index (χ0n) is 16.9. The number of carbonyl (C=O) groups excluding carboxylic acids is 2. The summed E-state index contributed by atoms with van der Waals surface area (Å²) in [5, 5.41) is 1.22. The molecule has 0 fully saturated rings. The monoisotopic (exact) mass is 502 g/mol. The van der Waals surface area contributed by atoms with Crippen molar-refractivity contribution in [2.24, 2.45) is 0 Å². The average molecular weight is 504 g/mol. The lowest BCUT2D eigenvalue weighted by atomic mass is 10.2. The van der Waals surface area contributed by atoms with Crippen molar-refractivity contribution < 1.29 is 9.59 Å². The fourth-order valence-corrected chi connectivity index (χ4v) is 4.88. The molecule has 1 heterocycles. The molecule has 0 saturated carbocycles. The summed E-state index contributed by atoms with van der Waals surface area (Å²) in [5.74, 6) is -0.912. The van der Waals surface area contributed by atoms with Crippen LogP contribution in [-0.2, 0) is 9.59 Å². The molecule has 3 aromatic rings. The van der Waals surface area contributed by atoms with Gasteiger partial charge in [-0.05, 0) is 61.5 Å².